The zero-order valence-electron chi connectivity index (χ0n) is 18.5. The van der Waals surface area contributed by atoms with Gasteiger partial charge in [0.25, 0.3) is 5.91 Å². The van der Waals surface area contributed by atoms with Crippen molar-refractivity contribution in [2.24, 2.45) is 11.1 Å². The quantitative estimate of drug-likeness (QED) is 0.289. The Bertz CT molecular complexity index is 1060. The number of nitrogens with zero attached hydrogens (tertiary/aromatic N) is 1. The highest BCUT2D eigenvalue weighted by Gasteiger charge is 2.46. The number of hydrogen-bond donors (Lipinski definition) is 3. The SMILES string of the molecule is O=C(NC(OCc1ccccc1)(c1ccccc1)C1CNCCCC1=NO)c1ccccc1. The Balaban J connectivity index is 1.81. The maximum atomic E-state index is 13.5. The first-order valence-electron chi connectivity index (χ1n) is 11.3. The van der Waals surface area contributed by atoms with Gasteiger partial charge in [-0.3, -0.25) is 4.79 Å². The largest absolute Gasteiger partial charge is 0.411 e. The van der Waals surface area contributed by atoms with Gasteiger partial charge >= 0.3 is 0 Å². The fraction of sp³-hybridized carbons (Fsp3) is 0.259. The van der Waals surface area contributed by atoms with Crippen LogP contribution in [0.5, 0.6) is 0 Å². The number of ether oxygens (including phenoxy) is 1. The maximum Gasteiger partial charge on any atom is 0.253 e. The van der Waals surface area contributed by atoms with E-state index in [9.17, 15) is 10.0 Å². The molecule has 0 aromatic heterocycles. The third kappa shape index (κ3) is 5.30. The van der Waals surface area contributed by atoms with Crippen LogP contribution in [0.15, 0.2) is 96.2 Å². The van der Waals surface area contributed by atoms with Crippen LogP contribution >= 0.6 is 0 Å². The Labute approximate surface area is 194 Å². The van der Waals surface area contributed by atoms with Crippen molar-refractivity contribution >= 4 is 11.6 Å². The minimum absolute atomic E-state index is 0.256. The number of rotatable bonds is 7. The van der Waals surface area contributed by atoms with E-state index in [-0.39, 0.29) is 12.5 Å². The zero-order valence-corrected chi connectivity index (χ0v) is 18.5. The van der Waals surface area contributed by atoms with E-state index in [0.29, 0.717) is 24.2 Å². The van der Waals surface area contributed by atoms with E-state index in [1.54, 1.807) is 12.1 Å². The Morgan fingerprint density at radius 1 is 1.00 bits per heavy atom. The first-order valence-corrected chi connectivity index (χ1v) is 11.3. The molecule has 6 heteroatoms. The average molecular weight is 444 g/mol. The molecule has 0 spiro atoms. The summed E-state index contributed by atoms with van der Waals surface area (Å²) in [6.07, 6.45) is 1.45. The Morgan fingerprint density at radius 3 is 2.30 bits per heavy atom. The molecule has 2 atom stereocenters. The van der Waals surface area contributed by atoms with Crippen LogP contribution in [0.25, 0.3) is 0 Å². The second-order valence-corrected chi connectivity index (χ2v) is 8.15. The van der Waals surface area contributed by atoms with Gasteiger partial charge in [-0.2, -0.15) is 0 Å². The summed E-state index contributed by atoms with van der Waals surface area (Å²) in [5.41, 5.74) is 1.66. The molecule has 3 N–H and O–H groups in total. The van der Waals surface area contributed by atoms with Gasteiger partial charge in [-0.05, 0) is 37.1 Å². The van der Waals surface area contributed by atoms with E-state index >= 15 is 0 Å². The second-order valence-electron chi connectivity index (χ2n) is 8.15. The molecule has 1 saturated heterocycles. The minimum atomic E-state index is -1.25. The van der Waals surface area contributed by atoms with Gasteiger partial charge in [0.1, 0.15) is 0 Å². The molecule has 0 saturated carbocycles. The number of carbonyl (C=O) groups is 1. The number of amides is 1. The molecule has 6 nitrogen and oxygen atoms in total. The molecule has 2 unspecified atom stereocenters. The van der Waals surface area contributed by atoms with Crippen molar-refractivity contribution in [2.45, 2.75) is 25.2 Å². The number of hydrogen-bond acceptors (Lipinski definition) is 5. The minimum Gasteiger partial charge on any atom is -0.411 e. The lowest BCUT2D eigenvalue weighted by molar-refractivity contribution is -0.104. The molecule has 1 aliphatic rings. The average Bonchev–Trinajstić information content (AvgIpc) is 3.14. The Kier molecular flexibility index (Phi) is 7.50. The van der Waals surface area contributed by atoms with Crippen molar-refractivity contribution < 1.29 is 14.7 Å². The first-order chi connectivity index (χ1) is 16.2. The predicted molar refractivity (Wildman–Crippen MR) is 128 cm³/mol. The lowest BCUT2D eigenvalue weighted by Gasteiger charge is -2.41. The lowest BCUT2D eigenvalue weighted by atomic mass is 9.83. The standard InChI is InChI=1S/C27H29N3O3/c31-26(22-13-6-2-7-14-22)29-27(23-15-8-3-9-16-23,33-20-21-11-4-1-5-12-21)24-19-28-18-10-17-25(24)30-32/h1-9,11-16,24,28,32H,10,17-20H2,(H,29,31). The normalized spacial score (nSPS) is 19.4. The van der Waals surface area contributed by atoms with Gasteiger partial charge in [0.05, 0.1) is 18.2 Å². The van der Waals surface area contributed by atoms with Crippen LogP contribution < -0.4 is 10.6 Å². The number of oxime groups is 1. The molecule has 1 aliphatic heterocycles. The highest BCUT2D eigenvalue weighted by molar-refractivity contribution is 5.96. The molecule has 1 heterocycles. The first kappa shape index (κ1) is 22.7. The molecular formula is C27H29N3O3. The maximum absolute atomic E-state index is 13.5. The molecule has 0 radical (unpaired) electrons. The second kappa shape index (κ2) is 10.9. The molecule has 1 fully saturated rings. The molecule has 0 bridgehead atoms. The molecule has 0 aliphatic carbocycles. The van der Waals surface area contributed by atoms with Gasteiger partial charge in [-0.25, -0.2) is 0 Å². The van der Waals surface area contributed by atoms with Gasteiger partial charge in [0.2, 0.25) is 0 Å². The van der Waals surface area contributed by atoms with Crippen LogP contribution in [-0.4, -0.2) is 29.9 Å². The zero-order chi connectivity index (χ0) is 22.9. The number of nitrogens with one attached hydrogen (secondary N) is 2. The monoisotopic (exact) mass is 443 g/mol. The van der Waals surface area contributed by atoms with Gasteiger partial charge in [-0.1, -0.05) is 84.0 Å². The number of carbonyl (C=O) groups excluding carboxylic acids is 1. The Morgan fingerprint density at radius 2 is 1.64 bits per heavy atom. The van der Waals surface area contributed by atoms with E-state index in [1.165, 1.54) is 0 Å². The molecule has 1 amide bonds. The van der Waals surface area contributed by atoms with Crippen LogP contribution in [-0.2, 0) is 17.1 Å². The van der Waals surface area contributed by atoms with E-state index in [1.807, 2.05) is 78.9 Å². The summed E-state index contributed by atoms with van der Waals surface area (Å²) in [6.45, 7) is 1.57. The summed E-state index contributed by atoms with van der Waals surface area (Å²) in [4.78, 5) is 13.5. The predicted octanol–water partition coefficient (Wildman–Crippen LogP) is 4.32. The van der Waals surface area contributed by atoms with Crippen LogP contribution in [0.4, 0.5) is 0 Å². The van der Waals surface area contributed by atoms with E-state index in [2.05, 4.69) is 15.8 Å². The van der Waals surface area contributed by atoms with Gasteiger partial charge in [-0.15, -0.1) is 0 Å². The summed E-state index contributed by atoms with van der Waals surface area (Å²) in [5, 5.41) is 20.2. The van der Waals surface area contributed by atoms with Crippen LogP contribution in [0.1, 0.15) is 34.3 Å². The fourth-order valence-electron chi connectivity index (χ4n) is 4.30. The lowest BCUT2D eigenvalue weighted by Crippen LogP contribution is -2.57. The molecule has 4 rings (SSSR count). The van der Waals surface area contributed by atoms with Crippen LogP contribution in [0.3, 0.4) is 0 Å². The van der Waals surface area contributed by atoms with Crippen LogP contribution in [0.2, 0.25) is 0 Å². The molecule has 3 aromatic carbocycles. The highest BCUT2D eigenvalue weighted by atomic mass is 16.5. The van der Waals surface area contributed by atoms with Crippen molar-refractivity contribution in [3.8, 4) is 0 Å². The van der Waals surface area contributed by atoms with E-state index < -0.39 is 11.6 Å². The summed E-state index contributed by atoms with van der Waals surface area (Å²) in [5.74, 6) is -0.669. The number of benzene rings is 3. The van der Waals surface area contributed by atoms with E-state index in [4.69, 9.17) is 4.74 Å². The summed E-state index contributed by atoms with van der Waals surface area (Å²) in [6, 6.07) is 28.6. The van der Waals surface area contributed by atoms with Crippen molar-refractivity contribution in [3.05, 3.63) is 108 Å². The molecular weight excluding hydrogens is 414 g/mol. The highest BCUT2D eigenvalue weighted by Crippen LogP contribution is 2.36. The summed E-state index contributed by atoms with van der Waals surface area (Å²) < 4.78 is 6.66. The van der Waals surface area contributed by atoms with Gasteiger partial charge in [0, 0.05) is 17.7 Å². The molecule has 3 aromatic rings. The van der Waals surface area contributed by atoms with Crippen molar-refractivity contribution in [1.29, 1.82) is 0 Å². The van der Waals surface area contributed by atoms with Crippen molar-refractivity contribution in [3.63, 3.8) is 0 Å². The fourth-order valence-corrected chi connectivity index (χ4v) is 4.30. The van der Waals surface area contributed by atoms with E-state index in [0.717, 1.165) is 24.1 Å². The van der Waals surface area contributed by atoms with Crippen molar-refractivity contribution in [1.82, 2.24) is 10.6 Å². The van der Waals surface area contributed by atoms with Gasteiger partial charge < -0.3 is 20.6 Å². The molecule has 170 valence electrons. The Hall–Kier alpha value is -3.48. The van der Waals surface area contributed by atoms with Gasteiger partial charge in [0.15, 0.2) is 5.72 Å². The van der Waals surface area contributed by atoms with Crippen molar-refractivity contribution in [2.75, 3.05) is 13.1 Å². The summed E-state index contributed by atoms with van der Waals surface area (Å²) in [7, 11) is 0. The summed E-state index contributed by atoms with van der Waals surface area (Å²) >= 11 is 0. The third-order valence-corrected chi connectivity index (χ3v) is 6.00. The third-order valence-electron chi connectivity index (χ3n) is 6.00. The van der Waals surface area contributed by atoms with Crippen LogP contribution in [0, 0.1) is 5.92 Å². The topological polar surface area (TPSA) is 83.0 Å². The smallest absolute Gasteiger partial charge is 0.253 e. The molecule has 33 heavy (non-hydrogen) atoms.